The predicted molar refractivity (Wildman–Crippen MR) is 108 cm³/mol. The lowest BCUT2D eigenvalue weighted by molar-refractivity contribution is 0.0987. The number of carbonyl (C=O) groups excluding carboxylic acids is 1. The van der Waals surface area contributed by atoms with Gasteiger partial charge in [0.2, 0.25) is 0 Å². The topological polar surface area (TPSA) is 41.6 Å². The number of alkyl carbamates (subject to hydrolysis) is 1. The van der Waals surface area contributed by atoms with Crippen molar-refractivity contribution in [2.75, 3.05) is 19.7 Å². The van der Waals surface area contributed by atoms with Crippen LogP contribution in [0.15, 0.2) is 24.3 Å². The summed E-state index contributed by atoms with van der Waals surface area (Å²) in [5.41, 5.74) is 3.65. The smallest absolute Gasteiger partial charge is 0.407 e. The van der Waals surface area contributed by atoms with Crippen molar-refractivity contribution in [2.45, 2.75) is 82.2 Å². The second kappa shape index (κ2) is 8.22. The maximum atomic E-state index is 11.8. The first-order valence-corrected chi connectivity index (χ1v) is 11.0. The van der Waals surface area contributed by atoms with Crippen molar-refractivity contribution in [3.05, 3.63) is 35.4 Å². The minimum absolute atomic E-state index is 0.247. The molecule has 2 unspecified atom stereocenters. The highest BCUT2D eigenvalue weighted by molar-refractivity contribution is 5.67. The quantitative estimate of drug-likeness (QED) is 0.801. The van der Waals surface area contributed by atoms with E-state index >= 15 is 0 Å². The molecule has 0 bridgehead atoms. The van der Waals surface area contributed by atoms with Crippen molar-refractivity contribution in [1.82, 2.24) is 10.2 Å². The molecule has 2 aliphatic carbocycles. The molecule has 2 atom stereocenters. The zero-order chi connectivity index (χ0) is 18.7. The van der Waals surface area contributed by atoms with Gasteiger partial charge in [0.15, 0.2) is 0 Å². The van der Waals surface area contributed by atoms with Gasteiger partial charge in [-0.25, -0.2) is 4.79 Å². The van der Waals surface area contributed by atoms with Crippen molar-refractivity contribution >= 4 is 6.09 Å². The molecule has 0 radical (unpaired) electrons. The Labute approximate surface area is 163 Å². The van der Waals surface area contributed by atoms with Gasteiger partial charge < -0.3 is 15.0 Å². The molecule has 3 aliphatic rings. The molecular weight excluding hydrogens is 336 g/mol. The summed E-state index contributed by atoms with van der Waals surface area (Å²) in [7, 11) is 0. The highest BCUT2D eigenvalue weighted by Gasteiger charge is 2.42. The summed E-state index contributed by atoms with van der Waals surface area (Å²) < 4.78 is 5.10. The van der Waals surface area contributed by atoms with Crippen LogP contribution in [0.1, 0.15) is 69.4 Å². The third-order valence-electron chi connectivity index (χ3n) is 7.23. The number of amides is 1. The molecule has 1 spiro atoms. The van der Waals surface area contributed by atoms with Gasteiger partial charge in [0.05, 0.1) is 6.61 Å². The molecule has 2 fully saturated rings. The van der Waals surface area contributed by atoms with Crippen LogP contribution in [0.25, 0.3) is 0 Å². The number of benzene rings is 1. The van der Waals surface area contributed by atoms with E-state index < -0.39 is 0 Å². The number of piperidine rings is 1. The Morgan fingerprint density at radius 1 is 1.19 bits per heavy atom. The van der Waals surface area contributed by atoms with Gasteiger partial charge in [-0.15, -0.1) is 0 Å². The molecule has 1 saturated carbocycles. The lowest BCUT2D eigenvalue weighted by atomic mass is 9.73. The minimum atomic E-state index is -0.247. The van der Waals surface area contributed by atoms with E-state index in [-0.39, 0.29) is 12.1 Å². The first-order chi connectivity index (χ1) is 13.2. The third-order valence-corrected chi connectivity index (χ3v) is 7.23. The van der Waals surface area contributed by atoms with Gasteiger partial charge in [-0.1, -0.05) is 37.1 Å². The highest BCUT2D eigenvalue weighted by atomic mass is 16.5. The number of aryl methyl sites for hydroxylation is 1. The summed E-state index contributed by atoms with van der Waals surface area (Å²) in [6.07, 6.45) is 10.8. The summed E-state index contributed by atoms with van der Waals surface area (Å²) in [5.74, 6) is 0. The van der Waals surface area contributed by atoms with Crippen molar-refractivity contribution in [3.8, 4) is 0 Å². The average Bonchev–Trinajstić information content (AvgIpc) is 2.87. The third kappa shape index (κ3) is 4.01. The van der Waals surface area contributed by atoms with Crippen molar-refractivity contribution < 1.29 is 9.53 Å². The average molecular weight is 371 g/mol. The van der Waals surface area contributed by atoms with Crippen LogP contribution in [-0.2, 0) is 16.6 Å². The molecule has 4 nitrogen and oxygen atoms in total. The normalized spacial score (nSPS) is 27.7. The van der Waals surface area contributed by atoms with Crippen molar-refractivity contribution in [2.24, 2.45) is 0 Å². The van der Waals surface area contributed by atoms with Crippen LogP contribution in [0.5, 0.6) is 0 Å². The van der Waals surface area contributed by atoms with Gasteiger partial charge in [-0.3, -0.25) is 0 Å². The van der Waals surface area contributed by atoms with Gasteiger partial charge >= 0.3 is 6.09 Å². The molecule has 148 valence electrons. The Kier molecular flexibility index (Phi) is 5.72. The van der Waals surface area contributed by atoms with Crippen LogP contribution in [0.3, 0.4) is 0 Å². The maximum Gasteiger partial charge on any atom is 0.407 e. The summed E-state index contributed by atoms with van der Waals surface area (Å²) in [5, 5.41) is 3.10. The lowest BCUT2D eigenvalue weighted by Gasteiger charge is -2.43. The van der Waals surface area contributed by atoms with E-state index in [1.54, 1.807) is 11.1 Å². The minimum Gasteiger partial charge on any atom is -0.450 e. The number of likely N-dealkylation sites (tertiary alicyclic amines) is 1. The Hall–Kier alpha value is -1.55. The Morgan fingerprint density at radius 3 is 2.78 bits per heavy atom. The summed E-state index contributed by atoms with van der Waals surface area (Å²) in [4.78, 5) is 14.6. The monoisotopic (exact) mass is 370 g/mol. The van der Waals surface area contributed by atoms with Crippen LogP contribution in [-0.4, -0.2) is 42.8 Å². The molecule has 1 aliphatic heterocycles. The molecule has 4 heteroatoms. The van der Waals surface area contributed by atoms with Crippen LogP contribution >= 0.6 is 0 Å². The number of hydrogen-bond donors (Lipinski definition) is 1. The fourth-order valence-electron chi connectivity index (χ4n) is 5.74. The first-order valence-electron chi connectivity index (χ1n) is 11.0. The number of fused-ring (bicyclic) bond motifs is 2. The number of hydrogen-bond acceptors (Lipinski definition) is 3. The first kappa shape index (κ1) is 18.8. The summed E-state index contributed by atoms with van der Waals surface area (Å²) in [6, 6.07) is 9.98. The van der Waals surface area contributed by atoms with Crippen molar-refractivity contribution in [1.29, 1.82) is 0 Å². The van der Waals surface area contributed by atoms with E-state index in [1.165, 1.54) is 58.0 Å². The SMILES string of the molecule is CCOC(=O)NC1CCCCC(N2CCC3(CCc4ccccc43)CC2)C1. The molecule has 0 aromatic heterocycles. The predicted octanol–water partition coefficient (Wildman–Crippen LogP) is 4.41. The largest absolute Gasteiger partial charge is 0.450 e. The second-order valence-electron chi connectivity index (χ2n) is 8.71. The molecule has 1 saturated heterocycles. The van der Waals surface area contributed by atoms with Gasteiger partial charge in [0, 0.05) is 12.1 Å². The van der Waals surface area contributed by atoms with Gasteiger partial charge in [-0.2, -0.15) is 0 Å². The molecule has 1 amide bonds. The van der Waals surface area contributed by atoms with E-state index in [0.717, 1.165) is 12.8 Å². The van der Waals surface area contributed by atoms with Crippen LogP contribution in [0.4, 0.5) is 4.79 Å². The Bertz CT molecular complexity index is 652. The van der Waals surface area contributed by atoms with Gasteiger partial charge in [-0.05, 0) is 81.5 Å². The van der Waals surface area contributed by atoms with Crippen LogP contribution in [0.2, 0.25) is 0 Å². The standard InChI is InChI=1S/C23H34N2O2/c1-2-27-22(26)24-19-8-4-5-9-20(17-19)25-15-13-23(14-16-25)12-11-18-7-3-6-10-21(18)23/h3,6-7,10,19-20H,2,4-5,8-9,11-17H2,1H3,(H,24,26). The summed E-state index contributed by atoms with van der Waals surface area (Å²) in [6.45, 7) is 4.70. The fourth-order valence-corrected chi connectivity index (χ4v) is 5.74. The number of ether oxygens (including phenoxy) is 1. The molecule has 1 aromatic rings. The number of nitrogens with one attached hydrogen (secondary N) is 1. The molecule has 1 N–H and O–H groups in total. The summed E-state index contributed by atoms with van der Waals surface area (Å²) >= 11 is 0. The molecule has 1 aromatic carbocycles. The Morgan fingerprint density at radius 2 is 1.96 bits per heavy atom. The molecule has 27 heavy (non-hydrogen) atoms. The molecule has 4 rings (SSSR count). The molecule has 1 heterocycles. The van der Waals surface area contributed by atoms with E-state index in [2.05, 4.69) is 34.5 Å². The number of carbonyl (C=O) groups is 1. The highest BCUT2D eigenvalue weighted by Crippen LogP contribution is 2.46. The van der Waals surface area contributed by atoms with Gasteiger partial charge in [0.1, 0.15) is 0 Å². The molecular formula is C23H34N2O2. The second-order valence-corrected chi connectivity index (χ2v) is 8.71. The van der Waals surface area contributed by atoms with Crippen LogP contribution in [0, 0.1) is 0 Å². The fraction of sp³-hybridized carbons (Fsp3) is 0.696. The van der Waals surface area contributed by atoms with E-state index in [4.69, 9.17) is 4.74 Å². The number of nitrogens with zero attached hydrogens (tertiary/aromatic N) is 1. The Balaban J connectivity index is 1.37. The lowest BCUT2D eigenvalue weighted by Crippen LogP contribution is -2.48. The zero-order valence-corrected chi connectivity index (χ0v) is 16.7. The van der Waals surface area contributed by atoms with E-state index in [0.29, 0.717) is 18.1 Å². The van der Waals surface area contributed by atoms with E-state index in [1.807, 2.05) is 6.92 Å². The maximum absolute atomic E-state index is 11.8. The van der Waals surface area contributed by atoms with Crippen molar-refractivity contribution in [3.63, 3.8) is 0 Å². The van der Waals surface area contributed by atoms with Gasteiger partial charge in [0.25, 0.3) is 0 Å². The zero-order valence-electron chi connectivity index (χ0n) is 16.7. The number of rotatable bonds is 3. The van der Waals surface area contributed by atoms with Crippen LogP contribution < -0.4 is 5.32 Å². The van der Waals surface area contributed by atoms with E-state index in [9.17, 15) is 4.79 Å².